The Bertz CT molecular complexity index is 749. The van der Waals surface area contributed by atoms with Crippen LogP contribution in [-0.2, 0) is 9.59 Å². The molecule has 1 spiro atoms. The van der Waals surface area contributed by atoms with Crippen LogP contribution in [0.5, 0.6) is 0 Å². The van der Waals surface area contributed by atoms with E-state index < -0.39 is 12.0 Å². The average molecular weight is 413 g/mol. The monoisotopic (exact) mass is 413 g/mol. The van der Waals surface area contributed by atoms with Crippen LogP contribution >= 0.6 is 0 Å². The van der Waals surface area contributed by atoms with Crippen molar-refractivity contribution in [2.75, 3.05) is 26.2 Å². The third-order valence-corrected chi connectivity index (χ3v) is 6.42. The Kier molecular flexibility index (Phi) is 7.16. The van der Waals surface area contributed by atoms with Gasteiger partial charge < -0.3 is 0 Å². The van der Waals surface area contributed by atoms with Crippen molar-refractivity contribution in [1.82, 2.24) is 15.2 Å². The van der Waals surface area contributed by atoms with Gasteiger partial charge >= 0.3 is 180 Å². The number of hydrogen-bond acceptors (Lipinski definition) is 5. The van der Waals surface area contributed by atoms with Crippen molar-refractivity contribution in [2.45, 2.75) is 65.3 Å². The number of amides is 1. The summed E-state index contributed by atoms with van der Waals surface area (Å²) in [6.07, 6.45) is 7.43. The van der Waals surface area contributed by atoms with Crippen molar-refractivity contribution in [3.05, 3.63) is 11.6 Å². The molecule has 1 atom stereocenters. The van der Waals surface area contributed by atoms with Gasteiger partial charge in [0.25, 0.3) is 0 Å². The summed E-state index contributed by atoms with van der Waals surface area (Å²) >= 11 is 0. The fourth-order valence-corrected chi connectivity index (χ4v) is 4.59. The first-order valence-corrected chi connectivity index (χ1v) is 11.1. The molecule has 1 aliphatic carbocycles. The molecular formula is C22H34BN4O3. The second kappa shape index (κ2) is 9.46. The Morgan fingerprint density at radius 3 is 2.60 bits per heavy atom. The normalized spacial score (nSPS) is 21.6. The summed E-state index contributed by atoms with van der Waals surface area (Å²) in [5.41, 5.74) is 2.94. The van der Waals surface area contributed by atoms with Crippen molar-refractivity contribution in [3.63, 3.8) is 0 Å². The predicted octanol–water partition coefficient (Wildman–Crippen LogP) is 1.78. The van der Waals surface area contributed by atoms with Crippen LogP contribution in [-0.4, -0.2) is 77.9 Å². The van der Waals surface area contributed by atoms with Gasteiger partial charge in [0.05, 0.1) is 0 Å². The Labute approximate surface area is 180 Å². The van der Waals surface area contributed by atoms with E-state index in [1.165, 1.54) is 32.4 Å². The van der Waals surface area contributed by atoms with Crippen molar-refractivity contribution >= 4 is 30.7 Å². The van der Waals surface area contributed by atoms with Gasteiger partial charge in [-0.05, 0) is 0 Å². The number of allylic oxidation sites excluding steroid dienone is 1. The number of carbonyl (C=O) groups excluding carboxylic acids is 1. The number of nitrogens with one attached hydrogen (secondary N) is 1. The van der Waals surface area contributed by atoms with Crippen molar-refractivity contribution in [3.8, 4) is 0 Å². The number of likely N-dealkylation sites (tertiary alicyclic amines) is 1. The van der Waals surface area contributed by atoms with Gasteiger partial charge in [0, 0.05) is 0 Å². The Hall–Kier alpha value is -1.96. The van der Waals surface area contributed by atoms with Crippen LogP contribution in [0.4, 0.5) is 0 Å². The van der Waals surface area contributed by atoms with Gasteiger partial charge in [-0.2, -0.15) is 0 Å². The topological polar surface area (TPSA) is 85.2 Å². The molecule has 1 saturated carbocycles. The molecule has 2 N–H and O–H groups in total. The van der Waals surface area contributed by atoms with Gasteiger partial charge in [-0.1, -0.05) is 0 Å². The molecule has 8 heteroatoms. The minimum atomic E-state index is -0.937. The quantitative estimate of drug-likeness (QED) is 0.534. The molecule has 7 nitrogen and oxygen atoms in total. The molecule has 3 aliphatic rings. The SMILES string of the molecule is [B]=C1C(C)=CC(CCN2CC3(CCC3)C2)=NN1C(CC(C)C)C(=O)NCCC(=O)O. The zero-order valence-electron chi connectivity index (χ0n) is 18.5. The number of rotatable bonds is 10. The predicted molar refractivity (Wildman–Crippen MR) is 120 cm³/mol. The van der Waals surface area contributed by atoms with Crippen LogP contribution in [0.15, 0.2) is 16.8 Å². The number of aliphatic carboxylic acids is 1. The molecule has 1 unspecified atom stereocenters. The Balaban J connectivity index is 1.64. The van der Waals surface area contributed by atoms with Gasteiger partial charge in [0.1, 0.15) is 0 Å². The molecule has 0 aromatic carbocycles. The van der Waals surface area contributed by atoms with Crippen molar-refractivity contribution < 1.29 is 14.7 Å². The van der Waals surface area contributed by atoms with Gasteiger partial charge in [-0.25, -0.2) is 0 Å². The molecule has 1 saturated heterocycles. The first-order chi connectivity index (χ1) is 14.2. The molecular weight excluding hydrogens is 379 g/mol. The summed E-state index contributed by atoms with van der Waals surface area (Å²) in [5, 5.41) is 17.9. The molecule has 0 aromatic heterocycles. The molecule has 30 heavy (non-hydrogen) atoms. The molecule has 2 heterocycles. The van der Waals surface area contributed by atoms with E-state index in [2.05, 4.69) is 10.2 Å². The number of carboxylic acids is 1. The van der Waals surface area contributed by atoms with E-state index in [0.29, 0.717) is 17.4 Å². The minimum absolute atomic E-state index is 0.0958. The van der Waals surface area contributed by atoms with Gasteiger partial charge in [-0.15, -0.1) is 0 Å². The standard InChI is InChI=1S/C22H34BN4O3/c1-15(2)11-18(21(30)24-9-5-19(28)29)27-20(23)16(3)12-17(25-27)6-10-26-13-22(14-26)7-4-8-22/h12,15,18H,4-11,13-14H2,1-3H3,(H,24,30)(H,28,29). The average Bonchev–Trinajstić information content (AvgIpc) is 2.59. The first kappa shape index (κ1) is 22.7. The summed E-state index contributed by atoms with van der Waals surface area (Å²) in [5.74, 6) is -0.911. The van der Waals surface area contributed by atoms with Crippen LogP contribution < -0.4 is 5.32 Å². The molecule has 163 valence electrons. The van der Waals surface area contributed by atoms with Gasteiger partial charge in [0.2, 0.25) is 0 Å². The van der Waals surface area contributed by atoms with Crippen molar-refractivity contribution in [2.24, 2.45) is 16.4 Å². The number of nitrogens with zero attached hydrogens (tertiary/aromatic N) is 3. The van der Waals surface area contributed by atoms with Crippen LogP contribution in [0.3, 0.4) is 0 Å². The first-order valence-electron chi connectivity index (χ1n) is 11.1. The number of hydrogen-bond donors (Lipinski definition) is 2. The Morgan fingerprint density at radius 1 is 1.33 bits per heavy atom. The van der Waals surface area contributed by atoms with Gasteiger partial charge in [-0.3, -0.25) is 0 Å². The summed E-state index contributed by atoms with van der Waals surface area (Å²) in [6.45, 7) is 9.50. The van der Waals surface area contributed by atoms with E-state index >= 15 is 0 Å². The van der Waals surface area contributed by atoms with E-state index in [-0.39, 0.29) is 24.8 Å². The van der Waals surface area contributed by atoms with Crippen LogP contribution in [0.1, 0.15) is 59.3 Å². The molecule has 0 aromatic rings. The van der Waals surface area contributed by atoms with E-state index in [4.69, 9.17) is 17.7 Å². The van der Waals surface area contributed by atoms with Crippen LogP contribution in [0, 0.1) is 11.3 Å². The van der Waals surface area contributed by atoms with E-state index in [1.807, 2.05) is 26.8 Å². The van der Waals surface area contributed by atoms with Crippen molar-refractivity contribution in [1.29, 1.82) is 0 Å². The van der Waals surface area contributed by atoms with E-state index in [9.17, 15) is 9.59 Å². The summed E-state index contributed by atoms with van der Waals surface area (Å²) in [7, 11) is 6.31. The van der Waals surface area contributed by atoms with Crippen LogP contribution in [0.2, 0.25) is 0 Å². The third kappa shape index (κ3) is 5.39. The maximum atomic E-state index is 12.8. The Morgan fingerprint density at radius 2 is 2.03 bits per heavy atom. The fraction of sp³-hybridized carbons (Fsp3) is 0.727. The second-order valence-electron chi connectivity index (χ2n) is 9.54. The maximum absolute atomic E-state index is 12.8. The van der Waals surface area contributed by atoms with Gasteiger partial charge in [0.15, 0.2) is 0 Å². The summed E-state index contributed by atoms with van der Waals surface area (Å²) in [4.78, 5) is 26.1. The molecule has 2 fully saturated rings. The zero-order chi connectivity index (χ0) is 21.9. The molecule has 2 aliphatic heterocycles. The number of carboxylic acid groups (broad SMARTS) is 1. The fourth-order valence-electron chi connectivity index (χ4n) is 4.59. The van der Waals surface area contributed by atoms with E-state index in [1.54, 1.807) is 5.01 Å². The summed E-state index contributed by atoms with van der Waals surface area (Å²) < 4.78 is 0. The molecule has 1 radical (unpaired) electrons. The molecule has 1 amide bonds. The third-order valence-electron chi connectivity index (χ3n) is 6.42. The molecule has 0 bridgehead atoms. The molecule has 3 rings (SSSR count). The zero-order valence-corrected chi connectivity index (χ0v) is 18.5. The second-order valence-corrected chi connectivity index (χ2v) is 9.54. The summed E-state index contributed by atoms with van der Waals surface area (Å²) in [6, 6.07) is -0.556. The van der Waals surface area contributed by atoms with E-state index in [0.717, 1.165) is 24.3 Å². The number of carbonyl (C=O) groups is 2. The number of hydrazone groups is 1. The van der Waals surface area contributed by atoms with Crippen LogP contribution in [0.25, 0.3) is 0 Å².